The topological polar surface area (TPSA) is 99.1 Å². The predicted molar refractivity (Wildman–Crippen MR) is 168 cm³/mol. The largest absolute Gasteiger partial charge is 0.459 e. The third-order valence-electron chi connectivity index (χ3n) is 7.68. The summed E-state index contributed by atoms with van der Waals surface area (Å²) in [7, 11) is 0. The first-order valence-electron chi connectivity index (χ1n) is 14.4. The number of fused-ring (bicyclic) bond motifs is 2. The van der Waals surface area contributed by atoms with Crippen molar-refractivity contribution in [3.05, 3.63) is 119 Å². The molecule has 0 saturated heterocycles. The highest BCUT2D eigenvalue weighted by atomic mass is 32.1. The summed E-state index contributed by atoms with van der Waals surface area (Å²) in [5.74, 6) is 1.06. The summed E-state index contributed by atoms with van der Waals surface area (Å²) in [6, 6.07) is 27.2. The van der Waals surface area contributed by atoms with Crippen LogP contribution in [0.5, 0.6) is 11.5 Å². The fraction of sp³-hybridized carbons (Fsp3) is 0.200. The van der Waals surface area contributed by atoms with Gasteiger partial charge in [0.1, 0.15) is 5.01 Å². The SMILES string of the molecule is Cc1ccc2nc(-c3ccc(NC(=O)C4=CC(c5ccc6c(c5)OCO6)CC(OCc5ccc(CO)cc5)O4)cc3)sc2c1. The van der Waals surface area contributed by atoms with Crippen molar-refractivity contribution >= 4 is 33.1 Å². The molecule has 0 spiro atoms. The van der Waals surface area contributed by atoms with E-state index in [4.69, 9.17) is 23.9 Å². The summed E-state index contributed by atoms with van der Waals surface area (Å²) >= 11 is 1.65. The van der Waals surface area contributed by atoms with Gasteiger partial charge in [0.25, 0.3) is 5.91 Å². The molecule has 2 unspecified atom stereocenters. The van der Waals surface area contributed by atoms with Crippen LogP contribution in [0.15, 0.2) is 96.8 Å². The lowest BCUT2D eigenvalue weighted by Crippen LogP contribution is -2.29. The average Bonchev–Trinajstić information content (AvgIpc) is 3.71. The van der Waals surface area contributed by atoms with Crippen molar-refractivity contribution in [2.75, 3.05) is 12.1 Å². The number of ether oxygens (including phenoxy) is 4. The summed E-state index contributed by atoms with van der Waals surface area (Å²) < 4.78 is 24.5. The van der Waals surface area contributed by atoms with Crippen LogP contribution in [0.3, 0.4) is 0 Å². The molecule has 2 N–H and O–H groups in total. The third kappa shape index (κ3) is 6.03. The minimum Gasteiger partial charge on any atom is -0.459 e. The highest BCUT2D eigenvalue weighted by Crippen LogP contribution is 2.39. The van der Waals surface area contributed by atoms with Crippen molar-refractivity contribution in [2.45, 2.75) is 38.8 Å². The minimum absolute atomic E-state index is 0.0161. The number of nitrogens with one attached hydrogen (secondary N) is 1. The Kier molecular flexibility index (Phi) is 7.74. The molecule has 0 fully saturated rings. The van der Waals surface area contributed by atoms with Gasteiger partial charge in [-0.25, -0.2) is 4.98 Å². The summed E-state index contributed by atoms with van der Waals surface area (Å²) in [5, 5.41) is 13.2. The number of aliphatic hydroxyl groups is 1. The summed E-state index contributed by atoms with van der Waals surface area (Å²) in [5.41, 5.74) is 6.55. The van der Waals surface area contributed by atoms with E-state index in [0.29, 0.717) is 30.2 Å². The van der Waals surface area contributed by atoms with Gasteiger partial charge >= 0.3 is 0 Å². The summed E-state index contributed by atoms with van der Waals surface area (Å²) in [6.07, 6.45) is 1.70. The number of thiazole rings is 1. The molecule has 2 aliphatic rings. The van der Waals surface area contributed by atoms with Gasteiger partial charge in [0.2, 0.25) is 13.1 Å². The standard InChI is InChI=1S/C35H30N2O6S/c1-21-2-12-28-32(14-21)44-35(37-28)24-7-10-27(11-8-24)36-34(39)31-16-26(25-9-13-29-30(15-25)42-20-41-29)17-33(43-31)40-19-23-5-3-22(18-38)4-6-23/h2-16,26,33,38H,17-20H2,1H3,(H,36,39). The fourth-order valence-electron chi connectivity index (χ4n) is 5.27. The predicted octanol–water partition coefficient (Wildman–Crippen LogP) is 7.06. The van der Waals surface area contributed by atoms with Crippen LogP contribution in [0.25, 0.3) is 20.8 Å². The average molecular weight is 607 g/mol. The number of aliphatic hydroxyl groups excluding tert-OH is 1. The smallest absolute Gasteiger partial charge is 0.290 e. The van der Waals surface area contributed by atoms with Crippen LogP contribution in [0.4, 0.5) is 5.69 Å². The van der Waals surface area contributed by atoms with Crippen LogP contribution in [-0.4, -0.2) is 29.1 Å². The first kappa shape index (κ1) is 28.1. The van der Waals surface area contributed by atoms with Crippen LogP contribution < -0.4 is 14.8 Å². The summed E-state index contributed by atoms with van der Waals surface area (Å²) in [6.45, 7) is 2.54. The van der Waals surface area contributed by atoms with E-state index in [2.05, 4.69) is 24.4 Å². The fourth-order valence-corrected chi connectivity index (χ4v) is 6.34. The zero-order chi connectivity index (χ0) is 30.0. The van der Waals surface area contributed by atoms with E-state index >= 15 is 0 Å². The first-order valence-corrected chi connectivity index (χ1v) is 15.2. The number of carbonyl (C=O) groups is 1. The van der Waals surface area contributed by atoms with Crippen molar-refractivity contribution in [3.8, 4) is 22.1 Å². The number of hydrogen-bond donors (Lipinski definition) is 2. The van der Waals surface area contributed by atoms with Gasteiger partial charge in [0, 0.05) is 23.6 Å². The monoisotopic (exact) mass is 606 g/mol. The molecule has 5 aromatic rings. The zero-order valence-electron chi connectivity index (χ0n) is 24.0. The van der Waals surface area contributed by atoms with Crippen molar-refractivity contribution in [2.24, 2.45) is 0 Å². The van der Waals surface area contributed by atoms with Crippen molar-refractivity contribution in [1.82, 2.24) is 4.98 Å². The number of allylic oxidation sites excluding steroid dienone is 1. The molecule has 44 heavy (non-hydrogen) atoms. The van der Waals surface area contributed by atoms with Crippen LogP contribution in [0.1, 0.15) is 34.6 Å². The molecule has 9 heteroatoms. The lowest BCUT2D eigenvalue weighted by molar-refractivity contribution is -0.147. The summed E-state index contributed by atoms with van der Waals surface area (Å²) in [4.78, 5) is 18.3. The lowest BCUT2D eigenvalue weighted by Gasteiger charge is -2.29. The highest BCUT2D eigenvalue weighted by molar-refractivity contribution is 7.21. The van der Waals surface area contributed by atoms with Gasteiger partial charge in [-0.05, 0) is 83.8 Å². The quantitative estimate of drug-likeness (QED) is 0.195. The molecule has 4 aromatic carbocycles. The molecule has 7 rings (SSSR count). The Morgan fingerprint density at radius 1 is 0.977 bits per heavy atom. The minimum atomic E-state index is -0.654. The second-order valence-electron chi connectivity index (χ2n) is 10.8. The Balaban J connectivity index is 1.08. The van der Waals surface area contributed by atoms with Crippen molar-refractivity contribution in [1.29, 1.82) is 0 Å². The Morgan fingerprint density at radius 2 is 1.77 bits per heavy atom. The number of benzene rings is 4. The van der Waals surface area contributed by atoms with Gasteiger partial charge in [0.15, 0.2) is 17.3 Å². The van der Waals surface area contributed by atoms with Gasteiger partial charge in [-0.3, -0.25) is 4.79 Å². The van der Waals surface area contributed by atoms with Gasteiger partial charge in [-0.1, -0.05) is 36.4 Å². The molecule has 3 heterocycles. The van der Waals surface area contributed by atoms with Gasteiger partial charge in [0.05, 0.1) is 23.4 Å². The van der Waals surface area contributed by atoms with E-state index in [9.17, 15) is 9.90 Å². The molecular formula is C35H30N2O6S. The second-order valence-corrected chi connectivity index (χ2v) is 11.9. The van der Waals surface area contributed by atoms with E-state index in [0.717, 1.165) is 37.5 Å². The molecule has 1 amide bonds. The molecule has 0 aliphatic carbocycles. The number of rotatable bonds is 8. The first-order chi connectivity index (χ1) is 21.5. The number of carbonyl (C=O) groups excluding carboxylic acids is 1. The highest BCUT2D eigenvalue weighted by Gasteiger charge is 2.30. The maximum absolute atomic E-state index is 13.5. The number of hydrogen-bond acceptors (Lipinski definition) is 8. The van der Waals surface area contributed by atoms with Crippen molar-refractivity contribution in [3.63, 3.8) is 0 Å². The molecule has 1 aromatic heterocycles. The van der Waals surface area contributed by atoms with Crippen LogP contribution in [-0.2, 0) is 27.5 Å². The van der Waals surface area contributed by atoms with Crippen LogP contribution in [0.2, 0.25) is 0 Å². The number of anilines is 1. The van der Waals surface area contributed by atoms with Crippen LogP contribution in [0, 0.1) is 6.92 Å². The Labute approximate surface area is 258 Å². The molecule has 222 valence electrons. The number of aromatic nitrogens is 1. The lowest BCUT2D eigenvalue weighted by atomic mass is 9.92. The maximum atomic E-state index is 13.5. The van der Waals surface area contributed by atoms with E-state index in [1.807, 2.05) is 78.9 Å². The molecule has 0 bridgehead atoms. The molecule has 0 saturated carbocycles. The van der Waals surface area contributed by atoms with E-state index in [1.165, 1.54) is 5.56 Å². The van der Waals surface area contributed by atoms with Crippen LogP contribution >= 0.6 is 11.3 Å². The number of nitrogens with zero attached hydrogens (tertiary/aromatic N) is 1. The molecule has 8 nitrogen and oxygen atoms in total. The second kappa shape index (κ2) is 12.1. The maximum Gasteiger partial charge on any atom is 0.290 e. The number of amides is 1. The van der Waals surface area contributed by atoms with Crippen molar-refractivity contribution < 1.29 is 28.8 Å². The van der Waals surface area contributed by atoms with E-state index in [1.54, 1.807) is 11.3 Å². The molecular weight excluding hydrogens is 576 g/mol. The molecule has 0 radical (unpaired) electrons. The number of aryl methyl sites for hydroxylation is 1. The normalized spacial score (nSPS) is 17.3. The third-order valence-corrected chi connectivity index (χ3v) is 8.75. The Morgan fingerprint density at radius 3 is 2.59 bits per heavy atom. The van der Waals surface area contributed by atoms with Gasteiger partial charge in [-0.15, -0.1) is 11.3 Å². The van der Waals surface area contributed by atoms with E-state index in [-0.39, 0.29) is 31.0 Å². The van der Waals surface area contributed by atoms with E-state index < -0.39 is 6.29 Å². The van der Waals surface area contributed by atoms with Gasteiger partial charge < -0.3 is 29.4 Å². The Bertz CT molecular complexity index is 1850. The Hall–Kier alpha value is -4.70. The zero-order valence-corrected chi connectivity index (χ0v) is 24.8. The molecule has 2 atom stereocenters. The molecule has 2 aliphatic heterocycles. The van der Waals surface area contributed by atoms with Gasteiger partial charge in [-0.2, -0.15) is 0 Å².